The van der Waals surface area contributed by atoms with Crippen molar-refractivity contribution in [1.82, 2.24) is 4.90 Å². The van der Waals surface area contributed by atoms with Crippen molar-refractivity contribution in [2.45, 2.75) is 19.4 Å². The molecule has 1 heterocycles. The molecule has 0 aliphatic carbocycles. The first-order chi connectivity index (χ1) is 16.2. The second-order valence-electron chi connectivity index (χ2n) is 8.03. The van der Waals surface area contributed by atoms with E-state index in [1.165, 1.54) is 24.1 Å². The summed E-state index contributed by atoms with van der Waals surface area (Å²) in [5, 5.41) is 9.17. The summed E-state index contributed by atoms with van der Waals surface area (Å²) in [4.78, 5) is 42.0. The zero-order chi connectivity index (χ0) is 24.6. The van der Waals surface area contributed by atoms with Crippen LogP contribution < -0.4 is 4.90 Å². The van der Waals surface area contributed by atoms with Crippen molar-refractivity contribution in [3.8, 4) is 6.07 Å². The van der Waals surface area contributed by atoms with Crippen molar-refractivity contribution in [3.63, 3.8) is 0 Å². The molecular formula is C26H19F2N3O3. The maximum atomic E-state index is 13.9. The zero-order valence-electron chi connectivity index (χ0n) is 18.4. The molecule has 0 unspecified atom stereocenters. The molecule has 8 heteroatoms. The number of fused-ring (bicyclic) bond motifs is 1. The SMILES string of the molecule is Cc1cc(N(C)C(=O)[C@H](Cc2cc(F)cc(F)c2)N2C(=O)c3ccccc3C2=O)ccc1C#N. The Morgan fingerprint density at radius 1 is 1.00 bits per heavy atom. The first-order valence-electron chi connectivity index (χ1n) is 10.4. The Morgan fingerprint density at radius 3 is 2.12 bits per heavy atom. The van der Waals surface area contributed by atoms with E-state index >= 15 is 0 Å². The molecule has 0 saturated carbocycles. The summed E-state index contributed by atoms with van der Waals surface area (Å²) in [6, 6.07) is 14.5. The van der Waals surface area contributed by atoms with Crippen LogP contribution in [0.5, 0.6) is 0 Å². The van der Waals surface area contributed by atoms with Crippen LogP contribution in [-0.4, -0.2) is 35.7 Å². The van der Waals surface area contributed by atoms with Crippen LogP contribution in [0.15, 0.2) is 60.7 Å². The van der Waals surface area contributed by atoms with Gasteiger partial charge in [0.25, 0.3) is 11.8 Å². The van der Waals surface area contributed by atoms with Crippen LogP contribution in [0.25, 0.3) is 0 Å². The number of halogens is 2. The first-order valence-corrected chi connectivity index (χ1v) is 10.4. The van der Waals surface area contributed by atoms with Gasteiger partial charge in [-0.05, 0) is 60.5 Å². The summed E-state index contributed by atoms with van der Waals surface area (Å²) in [7, 11) is 1.47. The van der Waals surface area contributed by atoms with Gasteiger partial charge in [-0.15, -0.1) is 0 Å². The Hall–Kier alpha value is -4.38. The highest BCUT2D eigenvalue weighted by atomic mass is 19.1. The monoisotopic (exact) mass is 459 g/mol. The average molecular weight is 459 g/mol. The van der Waals surface area contributed by atoms with E-state index in [-0.39, 0.29) is 23.1 Å². The van der Waals surface area contributed by atoms with Crippen LogP contribution in [0.4, 0.5) is 14.5 Å². The van der Waals surface area contributed by atoms with E-state index in [2.05, 4.69) is 6.07 Å². The Kier molecular flexibility index (Phi) is 5.95. The largest absolute Gasteiger partial charge is 0.314 e. The summed E-state index contributed by atoms with van der Waals surface area (Å²) >= 11 is 0. The van der Waals surface area contributed by atoms with Crippen LogP contribution in [0, 0.1) is 29.9 Å². The van der Waals surface area contributed by atoms with Crippen LogP contribution in [0.1, 0.15) is 37.4 Å². The van der Waals surface area contributed by atoms with Crippen LogP contribution in [-0.2, 0) is 11.2 Å². The molecule has 3 aromatic rings. The summed E-state index contributed by atoms with van der Waals surface area (Å²) in [6.45, 7) is 1.72. The van der Waals surface area contributed by atoms with Gasteiger partial charge in [0.05, 0.1) is 22.8 Å². The molecule has 0 saturated heterocycles. The predicted molar refractivity (Wildman–Crippen MR) is 120 cm³/mol. The minimum atomic E-state index is -1.35. The number of likely N-dealkylation sites (N-methyl/N-ethyl adjacent to an activating group) is 1. The van der Waals surface area contributed by atoms with Crippen molar-refractivity contribution in [3.05, 3.63) is 100 Å². The van der Waals surface area contributed by atoms with E-state index in [4.69, 9.17) is 5.26 Å². The van der Waals surface area contributed by atoms with Crippen LogP contribution in [0.2, 0.25) is 0 Å². The van der Waals surface area contributed by atoms with Gasteiger partial charge < -0.3 is 4.90 Å². The molecule has 3 amide bonds. The van der Waals surface area contributed by atoms with Gasteiger partial charge in [-0.3, -0.25) is 19.3 Å². The maximum Gasteiger partial charge on any atom is 0.262 e. The van der Waals surface area contributed by atoms with Crippen molar-refractivity contribution < 1.29 is 23.2 Å². The lowest BCUT2D eigenvalue weighted by Crippen LogP contribution is -2.51. The number of carbonyl (C=O) groups excluding carboxylic acids is 3. The van der Waals surface area contributed by atoms with E-state index in [1.54, 1.807) is 37.3 Å². The number of aryl methyl sites for hydroxylation is 1. The number of anilines is 1. The van der Waals surface area contributed by atoms with Gasteiger partial charge in [-0.1, -0.05) is 12.1 Å². The topological polar surface area (TPSA) is 81.5 Å². The van der Waals surface area contributed by atoms with Gasteiger partial charge in [0.15, 0.2) is 0 Å². The molecule has 4 rings (SSSR count). The molecule has 0 bridgehead atoms. The predicted octanol–water partition coefficient (Wildman–Crippen LogP) is 4.02. The first kappa shape index (κ1) is 22.8. The highest BCUT2D eigenvalue weighted by Gasteiger charge is 2.43. The number of nitrogens with zero attached hydrogens (tertiary/aromatic N) is 3. The zero-order valence-corrected chi connectivity index (χ0v) is 18.4. The molecule has 0 N–H and O–H groups in total. The van der Waals surface area contributed by atoms with Gasteiger partial charge in [0, 0.05) is 25.2 Å². The van der Waals surface area contributed by atoms with Gasteiger partial charge in [-0.2, -0.15) is 5.26 Å². The lowest BCUT2D eigenvalue weighted by atomic mass is 10.0. The Bertz CT molecular complexity index is 1320. The van der Waals surface area contributed by atoms with E-state index in [9.17, 15) is 23.2 Å². The highest BCUT2D eigenvalue weighted by molar-refractivity contribution is 6.23. The lowest BCUT2D eigenvalue weighted by Gasteiger charge is -2.30. The van der Waals surface area contributed by atoms with Gasteiger partial charge in [0.2, 0.25) is 5.91 Å². The maximum absolute atomic E-state index is 13.9. The van der Waals surface area contributed by atoms with E-state index in [1.807, 2.05) is 0 Å². The molecule has 0 aromatic heterocycles. The molecule has 0 fully saturated rings. The minimum Gasteiger partial charge on any atom is -0.314 e. The van der Waals surface area contributed by atoms with Crippen molar-refractivity contribution >= 4 is 23.4 Å². The fourth-order valence-corrected chi connectivity index (χ4v) is 4.06. The molecule has 170 valence electrons. The number of hydrogen-bond acceptors (Lipinski definition) is 4. The quantitative estimate of drug-likeness (QED) is 0.540. The Balaban J connectivity index is 1.75. The van der Waals surface area contributed by atoms with Crippen molar-refractivity contribution in [2.75, 3.05) is 11.9 Å². The van der Waals surface area contributed by atoms with Crippen molar-refractivity contribution in [2.24, 2.45) is 0 Å². The molecule has 0 spiro atoms. The fraction of sp³-hybridized carbons (Fsp3) is 0.154. The van der Waals surface area contributed by atoms with Crippen LogP contribution >= 0.6 is 0 Å². The third kappa shape index (κ3) is 4.04. The summed E-state index contributed by atoms with van der Waals surface area (Å²) in [5.74, 6) is -3.59. The number of hydrogen-bond donors (Lipinski definition) is 0. The Labute approximate surface area is 194 Å². The molecule has 1 atom stereocenters. The second-order valence-corrected chi connectivity index (χ2v) is 8.03. The summed E-state index contributed by atoms with van der Waals surface area (Å²) in [6.07, 6.45) is -0.279. The third-order valence-electron chi connectivity index (χ3n) is 5.82. The van der Waals surface area contributed by atoms with Crippen LogP contribution in [0.3, 0.4) is 0 Å². The summed E-state index contributed by atoms with van der Waals surface area (Å²) in [5.41, 5.74) is 1.96. The van der Waals surface area contributed by atoms with E-state index < -0.39 is 35.4 Å². The van der Waals surface area contributed by atoms with E-state index in [0.29, 0.717) is 22.9 Å². The standard InChI is InChI=1S/C26H19F2N3O3/c1-15-9-20(8-7-17(15)14-29)30(2)26(34)23(12-16-10-18(27)13-19(28)11-16)31-24(32)21-5-3-4-6-22(21)25(31)33/h3-11,13,23H,12H2,1-2H3/t23-/m0/s1. The van der Waals surface area contributed by atoms with Gasteiger partial charge in [-0.25, -0.2) is 8.78 Å². The number of carbonyl (C=O) groups is 3. The number of rotatable bonds is 5. The van der Waals surface area contributed by atoms with Gasteiger partial charge >= 0.3 is 0 Å². The Morgan fingerprint density at radius 2 is 1.59 bits per heavy atom. The smallest absolute Gasteiger partial charge is 0.262 e. The molecule has 1 aliphatic heterocycles. The van der Waals surface area contributed by atoms with Crippen molar-refractivity contribution in [1.29, 1.82) is 5.26 Å². The molecule has 1 aliphatic rings. The van der Waals surface area contributed by atoms with E-state index in [0.717, 1.165) is 17.0 Å². The molecule has 34 heavy (non-hydrogen) atoms. The lowest BCUT2D eigenvalue weighted by molar-refractivity contribution is -0.122. The number of amides is 3. The fourth-order valence-electron chi connectivity index (χ4n) is 4.06. The van der Waals surface area contributed by atoms with Gasteiger partial charge in [0.1, 0.15) is 17.7 Å². The molecule has 0 radical (unpaired) electrons. The molecular weight excluding hydrogens is 440 g/mol. The normalized spacial score (nSPS) is 13.4. The molecule has 6 nitrogen and oxygen atoms in total. The highest BCUT2D eigenvalue weighted by Crippen LogP contribution is 2.28. The molecule has 3 aromatic carbocycles. The number of nitriles is 1. The number of benzene rings is 3. The second kappa shape index (κ2) is 8.87. The summed E-state index contributed by atoms with van der Waals surface area (Å²) < 4.78 is 27.7. The number of imide groups is 1. The average Bonchev–Trinajstić information content (AvgIpc) is 3.06. The third-order valence-corrected chi connectivity index (χ3v) is 5.82. The minimum absolute atomic E-state index is 0.122.